The molecule has 1 aromatic heterocycles. The number of aromatic nitrogens is 1. The fourth-order valence-electron chi connectivity index (χ4n) is 6.61. The largest absolute Gasteiger partial charge is 0.497 e. The predicted octanol–water partition coefficient (Wildman–Crippen LogP) is 4.88. The van der Waals surface area contributed by atoms with Gasteiger partial charge < -0.3 is 19.2 Å². The zero-order chi connectivity index (χ0) is 32.5. The third-order valence-corrected chi connectivity index (χ3v) is 10.4. The molecule has 0 radical (unpaired) electrons. The first-order valence-corrected chi connectivity index (χ1v) is 16.6. The average molecular weight is 642 g/mol. The number of methoxy groups -OCH3 is 2. The lowest BCUT2D eigenvalue weighted by Crippen LogP contribution is -2.54. The van der Waals surface area contributed by atoms with Crippen molar-refractivity contribution in [1.82, 2.24) is 15.2 Å². The van der Waals surface area contributed by atoms with Crippen LogP contribution in [0.5, 0.6) is 11.5 Å². The number of likely N-dealkylation sites (tertiary alicyclic amines) is 1. The Bertz CT molecular complexity index is 1890. The minimum Gasteiger partial charge on any atom is -0.497 e. The number of benzene rings is 3. The Morgan fingerprint density at radius 3 is 2.57 bits per heavy atom. The number of rotatable bonds is 11. The molecule has 2 atom stereocenters. The Labute approximate surface area is 268 Å². The van der Waals surface area contributed by atoms with Crippen LogP contribution in [0.2, 0.25) is 0 Å². The van der Waals surface area contributed by atoms with Crippen LogP contribution in [0.25, 0.3) is 0 Å². The summed E-state index contributed by atoms with van der Waals surface area (Å²) in [6.07, 6.45) is 5.30. The highest BCUT2D eigenvalue weighted by molar-refractivity contribution is 7.93. The van der Waals surface area contributed by atoms with Gasteiger partial charge in [0.1, 0.15) is 17.8 Å². The third kappa shape index (κ3) is 5.01. The van der Waals surface area contributed by atoms with Crippen LogP contribution in [0.3, 0.4) is 0 Å². The van der Waals surface area contributed by atoms with E-state index in [1.54, 1.807) is 18.3 Å². The number of fused-ring (bicyclic) bond motifs is 1. The summed E-state index contributed by atoms with van der Waals surface area (Å²) in [5, 5.41) is 13.4. The van der Waals surface area contributed by atoms with Crippen LogP contribution in [0.4, 0.5) is 5.69 Å². The van der Waals surface area contributed by atoms with Gasteiger partial charge in [0.15, 0.2) is 5.54 Å². The number of oxazole rings is 1. The molecule has 1 fully saturated rings. The molecule has 6 rings (SSSR count). The smallest absolute Gasteiger partial charge is 0.271 e. The number of carbonyl (C=O) groups excluding carboxylic acids is 1. The van der Waals surface area contributed by atoms with Gasteiger partial charge in [0.25, 0.3) is 15.9 Å². The van der Waals surface area contributed by atoms with E-state index in [0.717, 1.165) is 22.8 Å². The Hall–Kier alpha value is -4.70. The van der Waals surface area contributed by atoms with Crippen molar-refractivity contribution in [3.63, 3.8) is 0 Å². The van der Waals surface area contributed by atoms with Crippen molar-refractivity contribution in [3.8, 4) is 17.6 Å². The van der Waals surface area contributed by atoms with Crippen LogP contribution in [0.1, 0.15) is 60.4 Å². The van der Waals surface area contributed by atoms with E-state index in [-0.39, 0.29) is 16.1 Å². The number of nitriles is 1. The Morgan fingerprint density at radius 1 is 1.09 bits per heavy atom. The monoisotopic (exact) mass is 641 g/mol. The molecule has 1 unspecified atom stereocenters. The van der Waals surface area contributed by atoms with E-state index < -0.39 is 27.5 Å². The second-order valence-corrected chi connectivity index (χ2v) is 13.0. The summed E-state index contributed by atoms with van der Waals surface area (Å²) in [6.45, 7) is 3.83. The van der Waals surface area contributed by atoms with Crippen LogP contribution in [0.15, 0.2) is 82.4 Å². The lowest BCUT2D eigenvalue weighted by atomic mass is 9.79. The molecule has 2 aliphatic heterocycles. The maximum absolute atomic E-state index is 15.4. The quantitative estimate of drug-likeness (QED) is 0.226. The molecule has 46 heavy (non-hydrogen) atoms. The summed E-state index contributed by atoms with van der Waals surface area (Å²) in [4.78, 5) is 21.8. The first kappa shape index (κ1) is 31.3. The van der Waals surface area contributed by atoms with Gasteiger partial charge in [-0.1, -0.05) is 13.0 Å². The van der Waals surface area contributed by atoms with Gasteiger partial charge in [0.05, 0.1) is 48.7 Å². The number of carbonyl (C=O) groups is 1. The Morgan fingerprint density at radius 2 is 1.89 bits per heavy atom. The minimum absolute atomic E-state index is 0.0806. The number of nitrogens with one attached hydrogen (secondary N) is 1. The fourth-order valence-corrected chi connectivity index (χ4v) is 8.07. The number of ether oxygens (including phenoxy) is 2. The van der Waals surface area contributed by atoms with Gasteiger partial charge in [-0.2, -0.15) is 5.26 Å². The molecule has 1 amide bonds. The lowest BCUT2D eigenvalue weighted by molar-refractivity contribution is -0.127. The molecule has 4 aromatic rings. The Kier molecular flexibility index (Phi) is 8.57. The maximum atomic E-state index is 15.4. The second-order valence-electron chi connectivity index (χ2n) is 11.2. The second kappa shape index (κ2) is 12.6. The summed E-state index contributed by atoms with van der Waals surface area (Å²) in [5.74, 6) is 0.592. The lowest BCUT2D eigenvalue weighted by Gasteiger charge is -2.41. The molecule has 0 spiro atoms. The van der Waals surface area contributed by atoms with Crippen LogP contribution in [-0.4, -0.2) is 51.5 Å². The number of amides is 1. The predicted molar refractivity (Wildman–Crippen MR) is 170 cm³/mol. The molecular formula is C34H35N5O6S. The summed E-state index contributed by atoms with van der Waals surface area (Å²) in [6, 6.07) is 17.9. The molecule has 1 saturated heterocycles. The standard InChI is InChI=1S/C34H35N5O6S/c1-4-15-36-22-24-8-14-31(44-3)28(20-24)34(38-17-5-6-30(38)32-37-16-18-45-32)27-19-23(21-35)7-13-29(27)39(33(34)40)46(41,42)26-11-9-25(43-2)10-12-26/h7-14,16,18-20,30,36H,4-6,15,17,22H2,1-3H3/t30-,34?/m0/s1. The molecule has 0 bridgehead atoms. The van der Waals surface area contributed by atoms with Gasteiger partial charge in [-0.25, -0.2) is 17.7 Å². The first-order chi connectivity index (χ1) is 22.3. The third-order valence-electron chi connectivity index (χ3n) is 8.66. The van der Waals surface area contributed by atoms with Gasteiger partial charge in [0.2, 0.25) is 5.89 Å². The molecule has 11 nitrogen and oxygen atoms in total. The van der Waals surface area contributed by atoms with Crippen molar-refractivity contribution in [2.45, 2.75) is 49.2 Å². The fraction of sp³-hybridized carbons (Fsp3) is 0.324. The van der Waals surface area contributed by atoms with Crippen molar-refractivity contribution in [3.05, 3.63) is 101 Å². The molecule has 0 aliphatic carbocycles. The minimum atomic E-state index is -4.45. The average Bonchev–Trinajstić information content (AvgIpc) is 3.83. The van der Waals surface area contributed by atoms with Gasteiger partial charge in [-0.15, -0.1) is 0 Å². The molecular weight excluding hydrogens is 606 g/mol. The molecule has 0 saturated carbocycles. The van der Waals surface area contributed by atoms with E-state index in [2.05, 4.69) is 23.3 Å². The van der Waals surface area contributed by atoms with Gasteiger partial charge in [-0.05, 0) is 86.0 Å². The summed E-state index contributed by atoms with van der Waals surface area (Å²) in [5.41, 5.74) is 0.448. The maximum Gasteiger partial charge on any atom is 0.271 e. The van der Waals surface area contributed by atoms with E-state index in [9.17, 15) is 13.7 Å². The van der Waals surface area contributed by atoms with Crippen LogP contribution in [-0.2, 0) is 26.9 Å². The number of anilines is 1. The molecule has 12 heteroatoms. The van der Waals surface area contributed by atoms with Crippen molar-refractivity contribution < 1.29 is 27.1 Å². The zero-order valence-corrected chi connectivity index (χ0v) is 26.7. The van der Waals surface area contributed by atoms with E-state index in [1.165, 1.54) is 56.9 Å². The van der Waals surface area contributed by atoms with Crippen LogP contribution >= 0.6 is 0 Å². The molecule has 2 aliphatic rings. The molecule has 1 N–H and O–H groups in total. The number of nitrogens with zero attached hydrogens (tertiary/aromatic N) is 4. The highest BCUT2D eigenvalue weighted by atomic mass is 32.2. The molecule has 3 heterocycles. The number of sulfonamides is 1. The van der Waals surface area contributed by atoms with E-state index in [0.29, 0.717) is 54.4 Å². The van der Waals surface area contributed by atoms with Crippen LogP contribution < -0.4 is 19.1 Å². The van der Waals surface area contributed by atoms with Crippen molar-refractivity contribution in [2.24, 2.45) is 0 Å². The van der Waals surface area contributed by atoms with Crippen molar-refractivity contribution >= 4 is 21.6 Å². The van der Waals surface area contributed by atoms with Gasteiger partial charge in [0, 0.05) is 24.2 Å². The molecule has 238 valence electrons. The summed E-state index contributed by atoms with van der Waals surface area (Å²) < 4.78 is 46.8. The van der Waals surface area contributed by atoms with E-state index in [1.807, 2.05) is 17.0 Å². The van der Waals surface area contributed by atoms with Gasteiger partial charge in [-0.3, -0.25) is 9.69 Å². The van der Waals surface area contributed by atoms with Crippen molar-refractivity contribution in [1.29, 1.82) is 5.26 Å². The van der Waals surface area contributed by atoms with E-state index in [4.69, 9.17) is 13.9 Å². The first-order valence-electron chi connectivity index (χ1n) is 15.1. The van der Waals surface area contributed by atoms with Gasteiger partial charge >= 0.3 is 0 Å². The SMILES string of the molecule is CCCNCc1ccc(OC)c(C2(N3CCC[C@H]3c3ncco3)C(=O)N(S(=O)(=O)c3ccc(OC)cc3)c3ccc(C#N)cc32)c1. The van der Waals surface area contributed by atoms with Crippen LogP contribution in [0, 0.1) is 11.3 Å². The van der Waals surface area contributed by atoms with Crippen molar-refractivity contribution in [2.75, 3.05) is 31.6 Å². The zero-order valence-electron chi connectivity index (χ0n) is 25.9. The summed E-state index contributed by atoms with van der Waals surface area (Å²) >= 11 is 0. The number of hydrogen-bond acceptors (Lipinski definition) is 10. The summed E-state index contributed by atoms with van der Waals surface area (Å²) in [7, 11) is -1.43. The Balaban J connectivity index is 1.66. The number of hydrogen-bond donors (Lipinski definition) is 1. The highest BCUT2D eigenvalue weighted by Gasteiger charge is 2.62. The highest BCUT2D eigenvalue weighted by Crippen LogP contribution is 2.56. The van der Waals surface area contributed by atoms with E-state index >= 15 is 4.79 Å². The normalized spacial score (nSPS) is 19.7. The topological polar surface area (TPSA) is 138 Å². The molecule has 3 aromatic carbocycles.